The van der Waals surface area contributed by atoms with E-state index in [0.717, 1.165) is 18.4 Å². The Morgan fingerprint density at radius 1 is 1.28 bits per heavy atom. The quantitative estimate of drug-likeness (QED) is 0.755. The Morgan fingerprint density at radius 2 is 1.94 bits per heavy atom. The molecule has 0 aliphatic carbocycles. The van der Waals surface area contributed by atoms with E-state index in [0.29, 0.717) is 19.6 Å². The van der Waals surface area contributed by atoms with Crippen molar-refractivity contribution < 1.29 is 9.53 Å². The zero-order valence-electron chi connectivity index (χ0n) is 11.3. The molecule has 0 aromatic heterocycles. The molecular formula is C15H23NO2. The van der Waals surface area contributed by atoms with Crippen LogP contribution in [0.2, 0.25) is 0 Å². The summed E-state index contributed by atoms with van der Waals surface area (Å²) in [7, 11) is 0. The molecule has 0 amide bonds. The second-order valence-electron chi connectivity index (χ2n) is 4.62. The van der Waals surface area contributed by atoms with E-state index in [4.69, 9.17) is 10.5 Å². The largest absolute Gasteiger partial charge is 0.466 e. The van der Waals surface area contributed by atoms with E-state index in [2.05, 4.69) is 6.92 Å². The van der Waals surface area contributed by atoms with E-state index in [-0.39, 0.29) is 5.97 Å². The molecule has 0 bridgehead atoms. The second-order valence-corrected chi connectivity index (χ2v) is 4.62. The van der Waals surface area contributed by atoms with E-state index in [9.17, 15) is 4.79 Å². The molecule has 1 unspecified atom stereocenters. The fourth-order valence-electron chi connectivity index (χ4n) is 2.27. The minimum Gasteiger partial charge on any atom is -0.466 e. The number of carbonyl (C=O) groups excluding carboxylic acids is 1. The minimum absolute atomic E-state index is 0.168. The molecule has 2 N–H and O–H groups in total. The minimum atomic E-state index is -0.577. The van der Waals surface area contributed by atoms with E-state index in [1.165, 1.54) is 0 Å². The van der Waals surface area contributed by atoms with Gasteiger partial charge in [0.15, 0.2) is 0 Å². The molecule has 1 atom stereocenters. The Bertz CT molecular complexity index is 364. The van der Waals surface area contributed by atoms with Gasteiger partial charge in [-0.1, -0.05) is 43.7 Å². The first-order valence-corrected chi connectivity index (χ1v) is 6.59. The van der Waals surface area contributed by atoms with Crippen LogP contribution in [0.15, 0.2) is 30.3 Å². The molecule has 0 aliphatic rings. The van der Waals surface area contributed by atoms with Crippen molar-refractivity contribution in [2.45, 2.75) is 33.1 Å². The lowest BCUT2D eigenvalue weighted by Crippen LogP contribution is -2.42. The van der Waals surface area contributed by atoms with Gasteiger partial charge in [0.1, 0.15) is 0 Å². The van der Waals surface area contributed by atoms with Crippen LogP contribution in [0.4, 0.5) is 0 Å². The number of nitrogens with two attached hydrogens (primary N) is 1. The summed E-state index contributed by atoms with van der Waals surface area (Å²) in [6.07, 6.45) is 2.33. The van der Waals surface area contributed by atoms with E-state index < -0.39 is 5.41 Å². The van der Waals surface area contributed by atoms with Crippen LogP contribution in [0.5, 0.6) is 0 Å². The van der Waals surface area contributed by atoms with Gasteiger partial charge in [-0.05, 0) is 25.3 Å². The van der Waals surface area contributed by atoms with Crippen molar-refractivity contribution in [1.82, 2.24) is 0 Å². The fraction of sp³-hybridized carbons (Fsp3) is 0.533. The van der Waals surface area contributed by atoms with Crippen LogP contribution >= 0.6 is 0 Å². The smallest absolute Gasteiger partial charge is 0.313 e. The third kappa shape index (κ3) is 3.57. The molecule has 1 aromatic carbocycles. The Balaban J connectivity index is 2.92. The highest BCUT2D eigenvalue weighted by Gasteiger charge is 2.37. The standard InChI is InChI=1S/C15H23NO2/c1-3-10-15(12-16,14(17)18-4-2)11-13-8-6-5-7-9-13/h5-9H,3-4,10-12,16H2,1-2H3. The van der Waals surface area contributed by atoms with Gasteiger partial charge in [0.2, 0.25) is 0 Å². The van der Waals surface area contributed by atoms with Crippen LogP contribution in [0, 0.1) is 5.41 Å². The first kappa shape index (κ1) is 14.7. The molecule has 0 saturated heterocycles. The van der Waals surface area contributed by atoms with Crippen molar-refractivity contribution >= 4 is 5.97 Å². The number of rotatable bonds is 7. The topological polar surface area (TPSA) is 52.3 Å². The SMILES string of the molecule is CCCC(CN)(Cc1ccccc1)C(=O)OCC. The predicted octanol–water partition coefficient (Wildman–Crippen LogP) is 2.54. The highest BCUT2D eigenvalue weighted by atomic mass is 16.5. The molecule has 1 aromatic rings. The molecular weight excluding hydrogens is 226 g/mol. The predicted molar refractivity (Wildman–Crippen MR) is 73.2 cm³/mol. The van der Waals surface area contributed by atoms with Gasteiger partial charge in [-0.25, -0.2) is 0 Å². The van der Waals surface area contributed by atoms with Crippen molar-refractivity contribution in [1.29, 1.82) is 0 Å². The van der Waals surface area contributed by atoms with Crippen molar-refractivity contribution in [3.63, 3.8) is 0 Å². The molecule has 18 heavy (non-hydrogen) atoms. The van der Waals surface area contributed by atoms with Crippen LogP contribution in [-0.4, -0.2) is 19.1 Å². The first-order chi connectivity index (χ1) is 8.68. The Morgan fingerprint density at radius 3 is 2.44 bits per heavy atom. The highest BCUT2D eigenvalue weighted by molar-refractivity contribution is 5.77. The number of ether oxygens (including phenoxy) is 1. The van der Waals surface area contributed by atoms with Gasteiger partial charge < -0.3 is 10.5 Å². The Kier molecular flexibility index (Phi) is 5.86. The van der Waals surface area contributed by atoms with E-state index in [1.54, 1.807) is 0 Å². The molecule has 0 radical (unpaired) electrons. The van der Waals surface area contributed by atoms with E-state index in [1.807, 2.05) is 37.3 Å². The average Bonchev–Trinajstić information content (AvgIpc) is 2.39. The Labute approximate surface area is 109 Å². The maximum atomic E-state index is 12.2. The average molecular weight is 249 g/mol. The third-order valence-corrected chi connectivity index (χ3v) is 3.21. The lowest BCUT2D eigenvalue weighted by atomic mass is 9.78. The van der Waals surface area contributed by atoms with Crippen LogP contribution in [0.1, 0.15) is 32.3 Å². The summed E-state index contributed by atoms with van der Waals surface area (Å²) in [5.74, 6) is -0.168. The normalized spacial score (nSPS) is 13.9. The molecule has 0 fully saturated rings. The van der Waals surface area contributed by atoms with Gasteiger partial charge in [0.25, 0.3) is 0 Å². The summed E-state index contributed by atoms with van der Waals surface area (Å²) >= 11 is 0. The molecule has 100 valence electrons. The lowest BCUT2D eigenvalue weighted by Gasteiger charge is -2.30. The third-order valence-electron chi connectivity index (χ3n) is 3.21. The Hall–Kier alpha value is -1.35. The maximum absolute atomic E-state index is 12.2. The van der Waals surface area contributed by atoms with Gasteiger partial charge in [0.05, 0.1) is 12.0 Å². The van der Waals surface area contributed by atoms with Gasteiger partial charge in [0, 0.05) is 6.54 Å². The summed E-state index contributed by atoms with van der Waals surface area (Å²) in [5.41, 5.74) is 6.42. The molecule has 0 saturated carbocycles. The number of hydrogen-bond acceptors (Lipinski definition) is 3. The molecule has 3 nitrogen and oxygen atoms in total. The summed E-state index contributed by atoms with van der Waals surface area (Å²) in [6.45, 7) is 4.62. The van der Waals surface area contributed by atoms with Crippen LogP contribution in [-0.2, 0) is 16.0 Å². The van der Waals surface area contributed by atoms with E-state index >= 15 is 0 Å². The molecule has 1 rings (SSSR count). The molecule has 0 aliphatic heterocycles. The molecule has 0 heterocycles. The van der Waals surface area contributed by atoms with Crippen molar-refractivity contribution in [3.05, 3.63) is 35.9 Å². The van der Waals surface area contributed by atoms with Crippen molar-refractivity contribution in [2.75, 3.05) is 13.2 Å². The van der Waals surface area contributed by atoms with Gasteiger partial charge in [-0.3, -0.25) is 4.79 Å². The molecule has 3 heteroatoms. The maximum Gasteiger partial charge on any atom is 0.313 e. The summed E-state index contributed by atoms with van der Waals surface area (Å²) in [6, 6.07) is 9.98. The summed E-state index contributed by atoms with van der Waals surface area (Å²) in [4.78, 5) is 12.2. The number of carbonyl (C=O) groups is 1. The van der Waals surface area contributed by atoms with Gasteiger partial charge in [-0.2, -0.15) is 0 Å². The first-order valence-electron chi connectivity index (χ1n) is 6.59. The zero-order chi connectivity index (χ0) is 13.4. The fourth-order valence-corrected chi connectivity index (χ4v) is 2.27. The van der Waals surface area contributed by atoms with Crippen LogP contribution in [0.25, 0.3) is 0 Å². The number of esters is 1. The van der Waals surface area contributed by atoms with Crippen LogP contribution in [0.3, 0.4) is 0 Å². The molecule has 0 spiro atoms. The van der Waals surface area contributed by atoms with Gasteiger partial charge in [-0.15, -0.1) is 0 Å². The zero-order valence-corrected chi connectivity index (χ0v) is 11.3. The monoisotopic (exact) mass is 249 g/mol. The van der Waals surface area contributed by atoms with Gasteiger partial charge >= 0.3 is 5.97 Å². The lowest BCUT2D eigenvalue weighted by molar-refractivity contribution is -0.155. The highest BCUT2D eigenvalue weighted by Crippen LogP contribution is 2.29. The number of benzene rings is 1. The van der Waals surface area contributed by atoms with Crippen molar-refractivity contribution in [2.24, 2.45) is 11.1 Å². The second kappa shape index (κ2) is 7.17. The number of hydrogen-bond donors (Lipinski definition) is 1. The van der Waals surface area contributed by atoms with Crippen LogP contribution < -0.4 is 5.73 Å². The summed E-state index contributed by atoms with van der Waals surface area (Å²) in [5, 5.41) is 0. The van der Waals surface area contributed by atoms with Crippen molar-refractivity contribution in [3.8, 4) is 0 Å². The summed E-state index contributed by atoms with van der Waals surface area (Å²) < 4.78 is 5.20.